The first-order valence-corrected chi connectivity index (χ1v) is 21.2. The highest BCUT2D eigenvalue weighted by Gasteiger charge is 2.42. The van der Waals surface area contributed by atoms with Crippen LogP contribution in [0.25, 0.3) is 49.8 Å². The summed E-state index contributed by atoms with van der Waals surface area (Å²) in [4.78, 5) is 2.61. The van der Waals surface area contributed by atoms with E-state index in [2.05, 4.69) is 196 Å². The number of allylic oxidation sites excluding steroid dienone is 4. The molecule has 290 valence electrons. The first-order chi connectivity index (χ1) is 27.5. The van der Waals surface area contributed by atoms with Crippen LogP contribution in [-0.4, -0.2) is 0 Å². The van der Waals surface area contributed by atoms with Crippen LogP contribution in [0.1, 0.15) is 106 Å². The summed E-state index contributed by atoms with van der Waals surface area (Å²) in [6.45, 7) is 25.6. The molecule has 0 bridgehead atoms. The second-order valence-electron chi connectivity index (χ2n) is 19.7. The van der Waals surface area contributed by atoms with Crippen LogP contribution in [0.3, 0.4) is 0 Å². The van der Waals surface area contributed by atoms with Crippen LogP contribution in [0.15, 0.2) is 131 Å². The summed E-state index contributed by atoms with van der Waals surface area (Å²) in [5.41, 5.74) is 24.1. The maximum Gasteiger partial charge on any atom is 0.143 e. The molecule has 1 aromatic heterocycles. The molecule has 3 aliphatic carbocycles. The van der Waals surface area contributed by atoms with Gasteiger partial charge in [-0.1, -0.05) is 140 Å². The highest BCUT2D eigenvalue weighted by atomic mass is 16.3. The van der Waals surface area contributed by atoms with E-state index in [0.29, 0.717) is 5.92 Å². The highest BCUT2D eigenvalue weighted by Crippen LogP contribution is 2.56. The molecule has 0 N–H and O–H groups in total. The molecular weight excluding hydrogens is 703 g/mol. The molecule has 1 heterocycles. The van der Waals surface area contributed by atoms with Gasteiger partial charge < -0.3 is 9.32 Å². The molecule has 0 saturated heterocycles. The molecule has 3 aliphatic rings. The zero-order chi connectivity index (χ0) is 40.6. The summed E-state index contributed by atoms with van der Waals surface area (Å²) in [5, 5.41) is 2.34. The Morgan fingerprint density at radius 1 is 0.603 bits per heavy atom. The lowest BCUT2D eigenvalue weighted by atomic mass is 9.77. The SMILES string of the molecule is Cc1ccc(-c2cccc3c2oc2c(C)cc(C)cc23)c(N(C2=CC3=C(c4ccccc4C3(C)C)C(C)C2)c2ccc3c(c2)C(C)(C)c2cc(C(C)(C)C)ccc2-3)c1. The number of benzene rings is 6. The Balaban J connectivity index is 1.22. The van der Waals surface area contributed by atoms with E-state index in [1.54, 1.807) is 0 Å². The number of aryl methyl sites for hydroxylation is 3. The molecule has 2 heteroatoms. The van der Waals surface area contributed by atoms with Gasteiger partial charge in [-0.05, 0) is 136 Å². The maximum absolute atomic E-state index is 6.89. The van der Waals surface area contributed by atoms with Gasteiger partial charge >= 0.3 is 0 Å². The summed E-state index contributed by atoms with van der Waals surface area (Å²) in [7, 11) is 0. The van der Waals surface area contributed by atoms with Crippen LogP contribution in [-0.2, 0) is 16.2 Å². The molecule has 58 heavy (non-hydrogen) atoms. The third-order valence-electron chi connectivity index (χ3n) is 13.9. The molecular formula is C56H55NO. The quantitative estimate of drug-likeness (QED) is 0.178. The Bertz CT molecular complexity index is 2950. The minimum atomic E-state index is -0.155. The summed E-state index contributed by atoms with van der Waals surface area (Å²) < 4.78 is 6.89. The van der Waals surface area contributed by atoms with E-state index in [1.807, 2.05) is 0 Å². The van der Waals surface area contributed by atoms with Crippen molar-refractivity contribution in [3.8, 4) is 22.3 Å². The average molecular weight is 758 g/mol. The summed E-state index contributed by atoms with van der Waals surface area (Å²) in [6, 6.07) is 41.7. The summed E-state index contributed by atoms with van der Waals surface area (Å²) in [6.07, 6.45) is 3.48. The standard InChI is InChI=1S/C56H55NO/c1-32-19-22-41(42-16-14-17-43-45-26-33(2)25-35(4)52(45)58-53(42)43)50(27-32)57(38-28-34(3)51-44-15-12-13-18-46(44)55(8,9)49(51)31-38)37-21-24-40-39-23-20-36(54(5,6)7)29-47(39)56(10,11)48(40)30-37/h12-27,29-31,34H,28H2,1-11H3. The first-order valence-electron chi connectivity index (χ1n) is 21.2. The Labute approximate surface area is 344 Å². The van der Waals surface area contributed by atoms with Crippen molar-refractivity contribution >= 4 is 38.9 Å². The van der Waals surface area contributed by atoms with E-state index in [4.69, 9.17) is 4.42 Å². The molecule has 0 radical (unpaired) electrons. The Morgan fingerprint density at radius 3 is 2.09 bits per heavy atom. The lowest BCUT2D eigenvalue weighted by molar-refractivity contribution is 0.584. The fraction of sp³-hybridized carbons (Fsp3) is 0.286. The second kappa shape index (κ2) is 12.5. The minimum Gasteiger partial charge on any atom is -0.455 e. The van der Waals surface area contributed by atoms with Gasteiger partial charge in [0.15, 0.2) is 0 Å². The van der Waals surface area contributed by atoms with E-state index in [9.17, 15) is 0 Å². The second-order valence-corrected chi connectivity index (χ2v) is 19.7. The zero-order valence-corrected chi connectivity index (χ0v) is 36.1. The van der Waals surface area contributed by atoms with Crippen molar-refractivity contribution in [2.24, 2.45) is 5.92 Å². The van der Waals surface area contributed by atoms with Crippen molar-refractivity contribution in [2.75, 3.05) is 4.90 Å². The predicted molar refractivity (Wildman–Crippen MR) is 246 cm³/mol. The predicted octanol–water partition coefficient (Wildman–Crippen LogP) is 15.6. The molecule has 1 atom stereocenters. The summed E-state index contributed by atoms with van der Waals surface area (Å²) in [5.74, 6) is 0.352. The number of anilines is 2. The highest BCUT2D eigenvalue weighted by molar-refractivity contribution is 6.11. The van der Waals surface area contributed by atoms with Crippen molar-refractivity contribution < 1.29 is 4.42 Å². The monoisotopic (exact) mass is 757 g/mol. The van der Waals surface area contributed by atoms with Crippen LogP contribution >= 0.6 is 0 Å². The molecule has 0 amide bonds. The molecule has 2 nitrogen and oxygen atoms in total. The molecule has 0 fully saturated rings. The van der Waals surface area contributed by atoms with Crippen LogP contribution < -0.4 is 4.90 Å². The van der Waals surface area contributed by atoms with E-state index in [1.165, 1.54) is 94.8 Å². The smallest absolute Gasteiger partial charge is 0.143 e. The van der Waals surface area contributed by atoms with Crippen LogP contribution in [0.5, 0.6) is 0 Å². The van der Waals surface area contributed by atoms with Gasteiger partial charge in [-0.2, -0.15) is 0 Å². The lowest BCUT2D eigenvalue weighted by Crippen LogP contribution is -2.25. The van der Waals surface area contributed by atoms with Crippen molar-refractivity contribution in [2.45, 2.75) is 98.8 Å². The minimum absolute atomic E-state index is 0.0784. The van der Waals surface area contributed by atoms with Gasteiger partial charge in [-0.25, -0.2) is 0 Å². The van der Waals surface area contributed by atoms with Gasteiger partial charge in [0.25, 0.3) is 0 Å². The third kappa shape index (κ3) is 5.30. The number of rotatable bonds is 4. The van der Waals surface area contributed by atoms with Crippen molar-refractivity contribution in [1.29, 1.82) is 0 Å². The van der Waals surface area contributed by atoms with E-state index < -0.39 is 0 Å². The maximum atomic E-state index is 6.89. The molecule has 0 spiro atoms. The molecule has 0 saturated carbocycles. The van der Waals surface area contributed by atoms with Crippen molar-refractivity contribution in [3.63, 3.8) is 0 Å². The number of furan rings is 1. The largest absolute Gasteiger partial charge is 0.455 e. The third-order valence-corrected chi connectivity index (χ3v) is 13.9. The topological polar surface area (TPSA) is 16.4 Å². The normalized spacial score (nSPS) is 17.6. The van der Waals surface area contributed by atoms with E-state index in [-0.39, 0.29) is 16.2 Å². The van der Waals surface area contributed by atoms with E-state index >= 15 is 0 Å². The van der Waals surface area contributed by atoms with Crippen LogP contribution in [0.4, 0.5) is 11.4 Å². The Kier molecular flexibility index (Phi) is 7.88. The van der Waals surface area contributed by atoms with Gasteiger partial charge in [-0.15, -0.1) is 0 Å². The number of para-hydroxylation sites is 1. The van der Waals surface area contributed by atoms with E-state index in [0.717, 1.165) is 28.5 Å². The van der Waals surface area contributed by atoms with Gasteiger partial charge in [0.1, 0.15) is 11.2 Å². The summed E-state index contributed by atoms with van der Waals surface area (Å²) >= 11 is 0. The number of hydrogen-bond donors (Lipinski definition) is 0. The zero-order valence-electron chi connectivity index (χ0n) is 36.1. The molecule has 6 aromatic carbocycles. The fourth-order valence-corrected chi connectivity index (χ4v) is 10.8. The van der Waals surface area contributed by atoms with Crippen molar-refractivity contribution in [1.82, 2.24) is 0 Å². The number of fused-ring (bicyclic) bond motifs is 8. The van der Waals surface area contributed by atoms with Crippen LogP contribution in [0.2, 0.25) is 0 Å². The molecule has 7 aromatic rings. The molecule has 10 rings (SSSR count). The number of hydrogen-bond acceptors (Lipinski definition) is 2. The lowest BCUT2D eigenvalue weighted by Gasteiger charge is -2.36. The Morgan fingerprint density at radius 2 is 1.31 bits per heavy atom. The van der Waals surface area contributed by atoms with Gasteiger partial charge in [0.2, 0.25) is 0 Å². The number of nitrogens with zero attached hydrogens (tertiary/aromatic N) is 1. The Hall–Kier alpha value is -5.60. The average Bonchev–Trinajstić information content (AvgIpc) is 3.75. The molecule has 0 aliphatic heterocycles. The van der Waals surface area contributed by atoms with Gasteiger partial charge in [-0.3, -0.25) is 0 Å². The van der Waals surface area contributed by atoms with Gasteiger partial charge in [0.05, 0.1) is 5.69 Å². The molecule has 1 unspecified atom stereocenters. The first kappa shape index (κ1) is 36.7. The van der Waals surface area contributed by atoms with Gasteiger partial charge in [0, 0.05) is 44.1 Å². The van der Waals surface area contributed by atoms with Crippen LogP contribution in [0, 0.1) is 26.7 Å². The van der Waals surface area contributed by atoms with Crippen molar-refractivity contribution in [3.05, 3.63) is 171 Å². The fourth-order valence-electron chi connectivity index (χ4n) is 10.8.